The molecule has 3 N–H and O–H groups in total. The van der Waals surface area contributed by atoms with Gasteiger partial charge in [-0.25, -0.2) is 13.1 Å². The second-order valence-electron chi connectivity index (χ2n) is 6.76. The molecule has 3 atom stereocenters. The smallest absolute Gasteiger partial charge is 0.211 e. The number of nitrogens with one attached hydrogen (secondary N) is 3. The number of aliphatic imine (C=N–C) groups is 1. The molecular formula is C16H33IN4O2S. The third kappa shape index (κ3) is 7.03. The Labute approximate surface area is 164 Å². The maximum absolute atomic E-state index is 11.4. The van der Waals surface area contributed by atoms with E-state index >= 15 is 0 Å². The molecule has 3 unspecified atom stereocenters. The van der Waals surface area contributed by atoms with Crippen molar-refractivity contribution in [2.24, 2.45) is 16.8 Å². The first-order valence-electron chi connectivity index (χ1n) is 8.98. The van der Waals surface area contributed by atoms with E-state index in [9.17, 15) is 8.42 Å². The number of nitrogens with zero attached hydrogens (tertiary/aromatic N) is 1. The lowest BCUT2D eigenvalue weighted by atomic mass is 9.69. The summed E-state index contributed by atoms with van der Waals surface area (Å²) in [5, 5.41) is 6.71. The number of rotatable bonds is 6. The molecule has 0 radical (unpaired) electrons. The van der Waals surface area contributed by atoms with Crippen LogP contribution < -0.4 is 15.4 Å². The van der Waals surface area contributed by atoms with E-state index in [-0.39, 0.29) is 29.7 Å². The van der Waals surface area contributed by atoms with E-state index in [1.54, 1.807) is 14.0 Å². The average Bonchev–Trinajstić information content (AvgIpc) is 2.57. The summed E-state index contributed by atoms with van der Waals surface area (Å²) in [6.45, 7) is 2.56. The van der Waals surface area contributed by atoms with Crippen molar-refractivity contribution in [1.82, 2.24) is 15.4 Å². The highest BCUT2D eigenvalue weighted by atomic mass is 127. The van der Waals surface area contributed by atoms with Crippen LogP contribution in [0.2, 0.25) is 0 Å². The quantitative estimate of drug-likeness (QED) is 0.239. The first-order chi connectivity index (χ1) is 11.0. The molecule has 0 amide bonds. The molecule has 0 aromatic carbocycles. The van der Waals surface area contributed by atoms with Gasteiger partial charge in [-0.1, -0.05) is 25.7 Å². The largest absolute Gasteiger partial charge is 0.355 e. The Kier molecular flexibility index (Phi) is 9.88. The summed E-state index contributed by atoms with van der Waals surface area (Å²) >= 11 is 0. The molecular weight excluding hydrogens is 439 g/mol. The fraction of sp³-hybridized carbons (Fsp3) is 0.938. The number of guanidine groups is 1. The molecule has 0 aromatic heterocycles. The molecule has 0 heterocycles. The maximum Gasteiger partial charge on any atom is 0.211 e. The number of hydrogen-bond acceptors (Lipinski definition) is 3. The molecule has 2 aliphatic rings. The predicted molar refractivity (Wildman–Crippen MR) is 110 cm³/mol. The molecule has 8 heteroatoms. The molecule has 0 aliphatic heterocycles. The van der Waals surface area contributed by atoms with Crippen molar-refractivity contribution in [2.75, 3.05) is 25.9 Å². The maximum atomic E-state index is 11.4. The van der Waals surface area contributed by atoms with Crippen molar-refractivity contribution in [3.8, 4) is 0 Å². The van der Waals surface area contributed by atoms with Gasteiger partial charge in [0, 0.05) is 26.2 Å². The fourth-order valence-corrected chi connectivity index (χ4v) is 4.50. The highest BCUT2D eigenvalue weighted by Gasteiger charge is 2.32. The van der Waals surface area contributed by atoms with E-state index in [0.29, 0.717) is 19.1 Å². The van der Waals surface area contributed by atoms with Gasteiger partial charge in [0.2, 0.25) is 10.0 Å². The molecule has 2 rings (SSSR count). The molecule has 2 saturated carbocycles. The Morgan fingerprint density at radius 2 is 1.79 bits per heavy atom. The lowest BCUT2D eigenvalue weighted by molar-refractivity contribution is 0.150. The molecule has 0 saturated heterocycles. The van der Waals surface area contributed by atoms with Crippen molar-refractivity contribution < 1.29 is 8.42 Å². The van der Waals surface area contributed by atoms with Gasteiger partial charge < -0.3 is 10.6 Å². The van der Waals surface area contributed by atoms with Crippen LogP contribution in [-0.2, 0) is 10.0 Å². The van der Waals surface area contributed by atoms with E-state index in [0.717, 1.165) is 17.8 Å². The minimum atomic E-state index is -3.11. The highest BCUT2D eigenvalue weighted by Crippen LogP contribution is 2.40. The number of sulfonamides is 1. The minimum absolute atomic E-state index is 0. The SMILES string of the molecule is CCS(=O)(=O)NCCNC(=NC)NC1CCC2CCCCC2C1.I. The van der Waals surface area contributed by atoms with Gasteiger partial charge in [-0.15, -0.1) is 24.0 Å². The standard InChI is InChI=1S/C16H32N4O2S.HI/c1-3-23(21,22)19-11-10-18-16(17-2)20-15-9-8-13-6-4-5-7-14(13)12-15;/h13-15,19H,3-12H2,1-2H3,(H2,17,18,20);1H. The molecule has 2 aliphatic carbocycles. The van der Waals surface area contributed by atoms with E-state index in [2.05, 4.69) is 20.3 Å². The third-order valence-electron chi connectivity index (χ3n) is 5.22. The Hall–Kier alpha value is -0.0900. The average molecular weight is 472 g/mol. The summed E-state index contributed by atoms with van der Waals surface area (Å²) in [4.78, 5) is 4.26. The molecule has 142 valence electrons. The zero-order valence-corrected chi connectivity index (χ0v) is 18.0. The van der Waals surface area contributed by atoms with Crippen molar-refractivity contribution in [1.29, 1.82) is 0 Å². The molecule has 0 aromatic rings. The molecule has 0 spiro atoms. The Morgan fingerprint density at radius 3 is 2.46 bits per heavy atom. The van der Waals surface area contributed by atoms with Crippen molar-refractivity contribution >= 4 is 40.0 Å². The van der Waals surface area contributed by atoms with E-state index in [4.69, 9.17) is 0 Å². The van der Waals surface area contributed by atoms with Crippen LogP contribution in [0, 0.1) is 11.8 Å². The molecule has 24 heavy (non-hydrogen) atoms. The highest BCUT2D eigenvalue weighted by molar-refractivity contribution is 14.0. The van der Waals surface area contributed by atoms with Crippen molar-refractivity contribution in [3.05, 3.63) is 0 Å². The second-order valence-corrected chi connectivity index (χ2v) is 8.85. The van der Waals surface area contributed by atoms with Gasteiger partial charge in [0.05, 0.1) is 5.75 Å². The number of halogens is 1. The first-order valence-corrected chi connectivity index (χ1v) is 10.6. The molecule has 6 nitrogen and oxygen atoms in total. The van der Waals surface area contributed by atoms with Gasteiger partial charge in [-0.05, 0) is 38.0 Å². The van der Waals surface area contributed by atoms with Gasteiger partial charge in [0.25, 0.3) is 0 Å². The van der Waals surface area contributed by atoms with Crippen LogP contribution in [0.3, 0.4) is 0 Å². The van der Waals surface area contributed by atoms with Crippen LogP contribution in [0.1, 0.15) is 51.9 Å². The monoisotopic (exact) mass is 472 g/mol. The Balaban J connectivity index is 0.00000288. The van der Waals surface area contributed by atoms with E-state index in [1.807, 2.05) is 0 Å². The molecule has 2 fully saturated rings. The van der Waals surface area contributed by atoms with Crippen LogP contribution in [-0.4, -0.2) is 46.3 Å². The van der Waals surface area contributed by atoms with Gasteiger partial charge in [-0.3, -0.25) is 4.99 Å². The topological polar surface area (TPSA) is 82.6 Å². The minimum Gasteiger partial charge on any atom is -0.355 e. The Morgan fingerprint density at radius 1 is 1.08 bits per heavy atom. The predicted octanol–water partition coefficient (Wildman–Crippen LogP) is 2.07. The van der Waals surface area contributed by atoms with Crippen molar-refractivity contribution in [3.63, 3.8) is 0 Å². The van der Waals surface area contributed by atoms with E-state index < -0.39 is 10.0 Å². The van der Waals surface area contributed by atoms with Gasteiger partial charge >= 0.3 is 0 Å². The summed E-state index contributed by atoms with van der Waals surface area (Å²) in [5.74, 6) is 2.72. The first kappa shape index (κ1) is 22.0. The molecule has 0 bridgehead atoms. The Bertz CT molecular complexity index is 498. The van der Waals surface area contributed by atoms with Crippen LogP contribution in [0.4, 0.5) is 0 Å². The summed E-state index contributed by atoms with van der Waals surface area (Å²) in [5.41, 5.74) is 0. The zero-order valence-electron chi connectivity index (χ0n) is 14.9. The normalized spacial score (nSPS) is 27.8. The lowest BCUT2D eigenvalue weighted by Crippen LogP contribution is -2.48. The van der Waals surface area contributed by atoms with Crippen molar-refractivity contribution in [2.45, 2.75) is 57.9 Å². The zero-order chi connectivity index (χ0) is 16.7. The van der Waals surface area contributed by atoms with E-state index in [1.165, 1.54) is 44.9 Å². The van der Waals surface area contributed by atoms with Crippen LogP contribution in [0.5, 0.6) is 0 Å². The fourth-order valence-electron chi connectivity index (χ4n) is 3.88. The summed E-state index contributed by atoms with van der Waals surface area (Å²) in [6.07, 6.45) is 9.39. The number of hydrogen-bond donors (Lipinski definition) is 3. The number of fused-ring (bicyclic) bond motifs is 1. The third-order valence-corrected chi connectivity index (χ3v) is 6.63. The second kappa shape index (κ2) is 10.8. The van der Waals surface area contributed by atoms with Gasteiger partial charge in [0.1, 0.15) is 0 Å². The lowest BCUT2D eigenvalue weighted by Gasteiger charge is -2.39. The van der Waals surface area contributed by atoms with Crippen LogP contribution in [0.15, 0.2) is 4.99 Å². The van der Waals surface area contributed by atoms with Crippen LogP contribution in [0.25, 0.3) is 0 Å². The summed E-state index contributed by atoms with van der Waals surface area (Å²) < 4.78 is 25.3. The van der Waals surface area contributed by atoms with Gasteiger partial charge in [0.15, 0.2) is 5.96 Å². The summed E-state index contributed by atoms with van der Waals surface area (Å²) in [7, 11) is -1.35. The summed E-state index contributed by atoms with van der Waals surface area (Å²) in [6, 6.07) is 0.493. The van der Waals surface area contributed by atoms with Gasteiger partial charge in [-0.2, -0.15) is 0 Å². The van der Waals surface area contributed by atoms with Crippen LogP contribution >= 0.6 is 24.0 Å².